The lowest BCUT2D eigenvalue weighted by Gasteiger charge is -2.10. The van der Waals surface area contributed by atoms with Crippen molar-refractivity contribution in [3.05, 3.63) is 97.2 Å². The monoisotopic (exact) mass is 392 g/mol. The Morgan fingerprint density at radius 2 is 1.13 bits per heavy atom. The first-order valence-corrected chi connectivity index (χ1v) is 10.7. The van der Waals surface area contributed by atoms with E-state index in [-0.39, 0.29) is 0 Å². The maximum atomic E-state index is 4.81. The lowest BCUT2D eigenvalue weighted by atomic mass is 9.95. The van der Waals surface area contributed by atoms with Crippen molar-refractivity contribution in [1.29, 1.82) is 0 Å². The number of benzene rings is 5. The summed E-state index contributed by atoms with van der Waals surface area (Å²) in [7, 11) is 0. The van der Waals surface area contributed by atoms with Gasteiger partial charge >= 0.3 is 0 Å². The van der Waals surface area contributed by atoms with Gasteiger partial charge < -0.3 is 4.40 Å². The summed E-state index contributed by atoms with van der Waals surface area (Å²) in [6.07, 6.45) is 1.90. The van der Waals surface area contributed by atoms with Crippen LogP contribution in [0.4, 0.5) is 0 Å². The van der Waals surface area contributed by atoms with Gasteiger partial charge in [0.2, 0.25) is 0 Å². The molecule has 8 aromatic rings. The van der Waals surface area contributed by atoms with Crippen LogP contribution in [0.1, 0.15) is 0 Å². The van der Waals surface area contributed by atoms with Gasteiger partial charge in [-0.25, -0.2) is 0 Å². The minimum absolute atomic E-state index is 1.08. The molecule has 0 unspecified atom stereocenters. The van der Waals surface area contributed by atoms with Gasteiger partial charge in [-0.05, 0) is 40.4 Å². The second kappa shape index (κ2) is 5.30. The summed E-state index contributed by atoms with van der Waals surface area (Å²) in [5, 5.41) is 11.5. The smallest absolute Gasteiger partial charge is 0.0786 e. The molecule has 3 heterocycles. The van der Waals surface area contributed by atoms with E-state index in [1.54, 1.807) is 0 Å². The molecule has 0 amide bonds. The lowest BCUT2D eigenvalue weighted by Crippen LogP contribution is -1.87. The number of hydrogen-bond donors (Lipinski definition) is 0. The number of rotatable bonds is 0. The largest absolute Gasteiger partial charge is 0.308 e. The molecule has 0 aliphatic carbocycles. The van der Waals surface area contributed by atoms with Crippen molar-refractivity contribution in [1.82, 2.24) is 9.38 Å². The van der Waals surface area contributed by atoms with Gasteiger partial charge in [-0.2, -0.15) is 0 Å². The van der Waals surface area contributed by atoms with E-state index in [1.165, 1.54) is 65.0 Å². The molecule has 0 radical (unpaired) electrons. The molecule has 0 saturated heterocycles. The van der Waals surface area contributed by atoms with E-state index in [0.717, 1.165) is 5.52 Å². The summed E-state index contributed by atoms with van der Waals surface area (Å²) in [6, 6.07) is 33.1. The van der Waals surface area contributed by atoms with Crippen molar-refractivity contribution in [2.45, 2.75) is 0 Å². The van der Waals surface area contributed by atoms with E-state index in [0.29, 0.717) is 0 Å². The minimum Gasteiger partial charge on any atom is -0.308 e. The fourth-order valence-electron chi connectivity index (χ4n) is 5.68. The average Bonchev–Trinajstić information content (AvgIpc) is 3.35. The Morgan fingerprint density at radius 3 is 2.00 bits per heavy atom. The molecule has 31 heavy (non-hydrogen) atoms. The summed E-state index contributed by atoms with van der Waals surface area (Å²) in [5.41, 5.74) is 4.93. The first kappa shape index (κ1) is 15.6. The van der Waals surface area contributed by atoms with E-state index in [4.69, 9.17) is 4.98 Å². The van der Waals surface area contributed by atoms with Crippen LogP contribution in [0, 0.1) is 0 Å². The highest BCUT2D eigenvalue weighted by molar-refractivity contribution is 6.30. The van der Waals surface area contributed by atoms with Gasteiger partial charge in [0, 0.05) is 38.5 Å². The van der Waals surface area contributed by atoms with E-state index >= 15 is 0 Å². The molecule has 8 rings (SSSR count). The predicted molar refractivity (Wildman–Crippen MR) is 131 cm³/mol. The number of hydrogen-bond acceptors (Lipinski definition) is 1. The summed E-state index contributed by atoms with van der Waals surface area (Å²) in [4.78, 5) is 4.81. The summed E-state index contributed by atoms with van der Waals surface area (Å²) in [5.74, 6) is 0. The molecule has 2 heteroatoms. The van der Waals surface area contributed by atoms with Crippen LogP contribution in [0.25, 0.3) is 70.5 Å². The SMILES string of the molecule is c1ccc2c(c1)c1cc3c(cc1c1ncccc21)c1cccc2c4ccccc4n3c21. The predicted octanol–water partition coefficient (Wildman–Crippen LogP) is 7.69. The Bertz CT molecular complexity index is 1990. The zero-order valence-corrected chi connectivity index (χ0v) is 16.6. The van der Waals surface area contributed by atoms with Crippen LogP contribution in [0.2, 0.25) is 0 Å². The van der Waals surface area contributed by atoms with Crippen LogP contribution < -0.4 is 0 Å². The van der Waals surface area contributed by atoms with Crippen LogP contribution in [0.5, 0.6) is 0 Å². The number of pyridine rings is 1. The number of fused-ring (bicyclic) bond motifs is 12. The molecule has 0 bridgehead atoms. The third-order valence-corrected chi connectivity index (χ3v) is 6.93. The maximum Gasteiger partial charge on any atom is 0.0786 e. The summed E-state index contributed by atoms with van der Waals surface area (Å²) >= 11 is 0. The van der Waals surface area contributed by atoms with Gasteiger partial charge in [0.25, 0.3) is 0 Å². The Hall–Kier alpha value is -4.17. The van der Waals surface area contributed by atoms with Crippen LogP contribution in [0.3, 0.4) is 0 Å². The molecule has 2 nitrogen and oxygen atoms in total. The highest BCUT2D eigenvalue weighted by Crippen LogP contribution is 2.42. The van der Waals surface area contributed by atoms with Gasteiger partial charge in [0.05, 0.1) is 22.1 Å². The highest BCUT2D eigenvalue weighted by Gasteiger charge is 2.19. The van der Waals surface area contributed by atoms with E-state index in [2.05, 4.69) is 89.3 Å². The summed E-state index contributed by atoms with van der Waals surface area (Å²) in [6.45, 7) is 0. The van der Waals surface area contributed by atoms with Crippen LogP contribution >= 0.6 is 0 Å². The number of nitrogens with zero attached hydrogens (tertiary/aromatic N) is 2. The third-order valence-electron chi connectivity index (χ3n) is 6.93. The van der Waals surface area contributed by atoms with Crippen LogP contribution in [-0.2, 0) is 0 Å². The van der Waals surface area contributed by atoms with Crippen molar-refractivity contribution in [3.8, 4) is 0 Å². The van der Waals surface area contributed by atoms with Gasteiger partial charge in [0.15, 0.2) is 0 Å². The highest BCUT2D eigenvalue weighted by atomic mass is 14.9. The molecular weight excluding hydrogens is 376 g/mol. The summed E-state index contributed by atoms with van der Waals surface area (Å²) < 4.78 is 2.45. The van der Waals surface area contributed by atoms with Gasteiger partial charge in [-0.15, -0.1) is 0 Å². The Morgan fingerprint density at radius 1 is 0.452 bits per heavy atom. The molecule has 0 saturated carbocycles. The molecule has 0 N–H and O–H groups in total. The van der Waals surface area contributed by atoms with Crippen LogP contribution in [0.15, 0.2) is 97.2 Å². The van der Waals surface area contributed by atoms with Gasteiger partial charge in [-0.3, -0.25) is 4.98 Å². The first-order valence-electron chi connectivity index (χ1n) is 10.7. The molecule has 0 aliphatic heterocycles. The maximum absolute atomic E-state index is 4.81. The van der Waals surface area contributed by atoms with Crippen LogP contribution in [-0.4, -0.2) is 9.38 Å². The Kier molecular flexibility index (Phi) is 2.67. The van der Waals surface area contributed by atoms with Crippen molar-refractivity contribution in [2.75, 3.05) is 0 Å². The van der Waals surface area contributed by atoms with E-state index in [1.807, 2.05) is 12.3 Å². The molecule has 0 fully saturated rings. The Labute approximate surface area is 177 Å². The molecule has 0 spiro atoms. The molecule has 142 valence electrons. The molecule has 5 aromatic carbocycles. The quantitative estimate of drug-likeness (QED) is 0.242. The zero-order valence-electron chi connectivity index (χ0n) is 16.6. The lowest BCUT2D eigenvalue weighted by molar-refractivity contribution is 1.37. The van der Waals surface area contributed by atoms with Crippen molar-refractivity contribution in [2.24, 2.45) is 0 Å². The molecule has 0 aliphatic rings. The van der Waals surface area contributed by atoms with E-state index < -0.39 is 0 Å². The topological polar surface area (TPSA) is 17.3 Å². The first-order chi connectivity index (χ1) is 15.4. The van der Waals surface area contributed by atoms with E-state index in [9.17, 15) is 0 Å². The standard InChI is InChI=1S/C29H16N2/c1-2-8-18-17(7-1)20-12-6-14-30-28(20)25-15-24-22-11-5-10-21-19-9-3-4-13-26(19)31(29(21)22)27(24)16-23(18)25/h1-16H. The fourth-order valence-corrected chi connectivity index (χ4v) is 5.68. The fraction of sp³-hybridized carbons (Fsp3) is 0. The van der Waals surface area contributed by atoms with Crippen molar-refractivity contribution >= 4 is 70.5 Å². The average molecular weight is 392 g/mol. The second-order valence-corrected chi connectivity index (χ2v) is 8.41. The number of para-hydroxylation sites is 2. The second-order valence-electron chi connectivity index (χ2n) is 8.41. The molecular formula is C29H16N2. The molecule has 0 atom stereocenters. The van der Waals surface area contributed by atoms with Gasteiger partial charge in [-0.1, -0.05) is 66.7 Å². The minimum atomic E-state index is 1.08. The normalized spacial score (nSPS) is 12.5. The Balaban J connectivity index is 1.74. The molecule has 3 aromatic heterocycles. The number of aromatic nitrogens is 2. The zero-order chi connectivity index (χ0) is 20.1. The third kappa shape index (κ3) is 1.78. The van der Waals surface area contributed by atoms with Crippen molar-refractivity contribution < 1.29 is 0 Å². The van der Waals surface area contributed by atoms with Crippen molar-refractivity contribution in [3.63, 3.8) is 0 Å². The van der Waals surface area contributed by atoms with Gasteiger partial charge in [0.1, 0.15) is 0 Å².